The van der Waals surface area contributed by atoms with E-state index in [4.69, 9.17) is 5.73 Å². The van der Waals surface area contributed by atoms with Gasteiger partial charge in [-0.1, -0.05) is 31.4 Å². The number of nitrogens with zero attached hydrogens (tertiary/aromatic N) is 1. The molecular weight excluding hydrogens is 304 g/mol. The molecular formula is C18H26N4O2. The predicted octanol–water partition coefficient (Wildman–Crippen LogP) is 1.75. The monoisotopic (exact) mass is 330 g/mol. The van der Waals surface area contributed by atoms with Crippen LogP contribution in [0.3, 0.4) is 0 Å². The van der Waals surface area contributed by atoms with E-state index in [1.54, 1.807) is 4.57 Å². The van der Waals surface area contributed by atoms with Crippen LogP contribution in [0.1, 0.15) is 38.5 Å². The Kier molecular flexibility index (Phi) is 5.04. The fraction of sp³-hybridized carbons (Fsp3) is 0.556. The number of fused-ring (bicyclic) bond motifs is 1. The zero-order valence-corrected chi connectivity index (χ0v) is 14.0. The van der Waals surface area contributed by atoms with Crippen molar-refractivity contribution in [2.24, 2.45) is 11.1 Å². The molecule has 0 atom stereocenters. The number of carbonyl (C=O) groups is 1. The Morgan fingerprint density at radius 1 is 1.25 bits per heavy atom. The third kappa shape index (κ3) is 3.53. The Bertz CT molecular complexity index is 756. The highest BCUT2D eigenvalue weighted by Crippen LogP contribution is 2.38. The van der Waals surface area contributed by atoms with Crippen molar-refractivity contribution < 1.29 is 4.79 Å². The Hall–Kier alpha value is -2.08. The standard InChI is InChI=1S/C18H26N4O2/c19-13-18(8-4-1-5-9-18)12-16(23)20-10-11-22-15-7-3-2-6-14(15)21-17(22)24/h2-3,6-7H,1,4-5,8-13,19H2,(H,20,23)(H,21,24). The van der Waals surface area contributed by atoms with E-state index >= 15 is 0 Å². The van der Waals surface area contributed by atoms with Gasteiger partial charge in [-0.05, 0) is 36.9 Å². The van der Waals surface area contributed by atoms with Gasteiger partial charge in [0.15, 0.2) is 0 Å². The Morgan fingerprint density at radius 2 is 2.00 bits per heavy atom. The van der Waals surface area contributed by atoms with Crippen molar-refractivity contribution in [2.75, 3.05) is 13.1 Å². The summed E-state index contributed by atoms with van der Waals surface area (Å²) in [6.45, 7) is 1.48. The van der Waals surface area contributed by atoms with Gasteiger partial charge in [0.1, 0.15) is 0 Å². The fourth-order valence-electron chi connectivity index (χ4n) is 3.79. The zero-order chi connectivity index (χ0) is 17.0. The zero-order valence-electron chi connectivity index (χ0n) is 14.0. The number of hydrogen-bond donors (Lipinski definition) is 3. The van der Waals surface area contributed by atoms with E-state index in [2.05, 4.69) is 10.3 Å². The summed E-state index contributed by atoms with van der Waals surface area (Å²) in [7, 11) is 0. The summed E-state index contributed by atoms with van der Waals surface area (Å²) in [5.74, 6) is 0.0373. The first-order valence-electron chi connectivity index (χ1n) is 8.78. The molecule has 0 aliphatic heterocycles. The molecule has 0 saturated heterocycles. The van der Waals surface area contributed by atoms with E-state index < -0.39 is 0 Å². The Labute approximate surface area is 141 Å². The van der Waals surface area contributed by atoms with E-state index in [1.165, 1.54) is 6.42 Å². The molecule has 6 nitrogen and oxygen atoms in total. The van der Waals surface area contributed by atoms with Crippen molar-refractivity contribution in [2.45, 2.75) is 45.1 Å². The van der Waals surface area contributed by atoms with Crippen LogP contribution in [0.25, 0.3) is 11.0 Å². The molecule has 1 aromatic carbocycles. The van der Waals surface area contributed by atoms with Gasteiger partial charge in [0, 0.05) is 19.5 Å². The van der Waals surface area contributed by atoms with Crippen molar-refractivity contribution in [1.29, 1.82) is 0 Å². The smallest absolute Gasteiger partial charge is 0.326 e. The van der Waals surface area contributed by atoms with E-state index in [1.807, 2.05) is 24.3 Å². The predicted molar refractivity (Wildman–Crippen MR) is 94.8 cm³/mol. The number of aromatic amines is 1. The lowest BCUT2D eigenvalue weighted by atomic mass is 9.71. The van der Waals surface area contributed by atoms with Crippen LogP contribution < -0.4 is 16.7 Å². The van der Waals surface area contributed by atoms with Crippen molar-refractivity contribution >= 4 is 16.9 Å². The largest absolute Gasteiger partial charge is 0.354 e. The molecule has 1 amide bonds. The first-order valence-corrected chi connectivity index (χ1v) is 8.78. The summed E-state index contributed by atoms with van der Waals surface area (Å²) < 4.78 is 1.66. The Morgan fingerprint density at radius 3 is 2.75 bits per heavy atom. The molecule has 0 radical (unpaired) electrons. The van der Waals surface area contributed by atoms with Crippen LogP contribution in [0.5, 0.6) is 0 Å². The van der Waals surface area contributed by atoms with Crippen LogP contribution >= 0.6 is 0 Å². The van der Waals surface area contributed by atoms with Crippen LogP contribution in [-0.2, 0) is 11.3 Å². The molecule has 0 spiro atoms. The van der Waals surface area contributed by atoms with Crippen molar-refractivity contribution in [3.05, 3.63) is 34.7 Å². The third-order valence-corrected chi connectivity index (χ3v) is 5.22. The highest BCUT2D eigenvalue weighted by atomic mass is 16.2. The summed E-state index contributed by atoms with van der Waals surface area (Å²) in [6.07, 6.45) is 6.14. The molecule has 1 saturated carbocycles. The number of imidazole rings is 1. The maximum atomic E-state index is 12.3. The number of aromatic nitrogens is 2. The van der Waals surface area contributed by atoms with E-state index in [9.17, 15) is 9.59 Å². The molecule has 3 rings (SSSR count). The number of nitrogens with one attached hydrogen (secondary N) is 2. The number of para-hydroxylation sites is 2. The van der Waals surface area contributed by atoms with Crippen molar-refractivity contribution in [1.82, 2.24) is 14.9 Å². The fourth-order valence-corrected chi connectivity index (χ4v) is 3.79. The molecule has 130 valence electrons. The summed E-state index contributed by atoms with van der Waals surface area (Å²) in [4.78, 5) is 27.1. The molecule has 1 heterocycles. The molecule has 1 aromatic heterocycles. The van der Waals surface area contributed by atoms with Crippen LogP contribution in [-0.4, -0.2) is 28.5 Å². The molecule has 1 aliphatic rings. The van der Waals surface area contributed by atoms with Crippen LogP contribution in [0.2, 0.25) is 0 Å². The van der Waals surface area contributed by atoms with E-state index in [0.29, 0.717) is 26.1 Å². The van der Waals surface area contributed by atoms with Gasteiger partial charge >= 0.3 is 5.69 Å². The van der Waals surface area contributed by atoms with Gasteiger partial charge in [0.2, 0.25) is 5.91 Å². The number of nitrogens with two attached hydrogens (primary N) is 1. The molecule has 1 aliphatic carbocycles. The van der Waals surface area contributed by atoms with E-state index in [-0.39, 0.29) is 17.0 Å². The number of amides is 1. The molecule has 24 heavy (non-hydrogen) atoms. The Balaban J connectivity index is 1.56. The topological polar surface area (TPSA) is 92.9 Å². The summed E-state index contributed by atoms with van der Waals surface area (Å²) >= 11 is 0. The van der Waals surface area contributed by atoms with Crippen molar-refractivity contribution in [3.63, 3.8) is 0 Å². The minimum Gasteiger partial charge on any atom is -0.354 e. The lowest BCUT2D eigenvalue weighted by Crippen LogP contribution is -2.39. The number of hydrogen-bond acceptors (Lipinski definition) is 3. The lowest BCUT2D eigenvalue weighted by Gasteiger charge is -2.35. The van der Waals surface area contributed by atoms with Gasteiger partial charge in [-0.25, -0.2) is 4.79 Å². The van der Waals surface area contributed by atoms with E-state index in [0.717, 1.165) is 36.7 Å². The average molecular weight is 330 g/mol. The van der Waals surface area contributed by atoms with Crippen LogP contribution in [0, 0.1) is 5.41 Å². The van der Waals surface area contributed by atoms with Gasteiger partial charge in [-0.3, -0.25) is 9.36 Å². The quantitative estimate of drug-likeness (QED) is 0.753. The molecule has 0 bridgehead atoms. The minimum absolute atomic E-state index is 0.0278. The van der Waals surface area contributed by atoms with Crippen LogP contribution in [0.4, 0.5) is 0 Å². The SMILES string of the molecule is NCC1(CC(=O)NCCn2c(=O)[nH]c3ccccc32)CCCCC1. The van der Waals surface area contributed by atoms with Crippen molar-refractivity contribution in [3.8, 4) is 0 Å². The minimum atomic E-state index is -0.142. The molecule has 1 fully saturated rings. The number of carbonyl (C=O) groups excluding carboxylic acids is 1. The third-order valence-electron chi connectivity index (χ3n) is 5.22. The van der Waals surface area contributed by atoms with Gasteiger partial charge in [-0.2, -0.15) is 0 Å². The molecule has 0 unspecified atom stereocenters. The van der Waals surface area contributed by atoms with Gasteiger partial charge in [0.25, 0.3) is 0 Å². The average Bonchev–Trinajstić information content (AvgIpc) is 2.91. The van der Waals surface area contributed by atoms with Gasteiger partial charge in [-0.15, -0.1) is 0 Å². The maximum Gasteiger partial charge on any atom is 0.326 e. The number of rotatable bonds is 6. The molecule has 4 N–H and O–H groups in total. The number of H-pyrrole nitrogens is 1. The second-order valence-corrected chi connectivity index (χ2v) is 6.89. The summed E-state index contributed by atoms with van der Waals surface area (Å²) in [5.41, 5.74) is 7.46. The van der Waals surface area contributed by atoms with Gasteiger partial charge in [0.05, 0.1) is 11.0 Å². The first kappa shape index (κ1) is 16.8. The first-order chi connectivity index (χ1) is 11.6. The second kappa shape index (κ2) is 7.21. The highest BCUT2D eigenvalue weighted by Gasteiger charge is 2.32. The van der Waals surface area contributed by atoms with Gasteiger partial charge < -0.3 is 16.0 Å². The number of benzene rings is 1. The molecule has 2 aromatic rings. The highest BCUT2D eigenvalue weighted by molar-refractivity contribution is 5.77. The maximum absolute atomic E-state index is 12.3. The normalized spacial score (nSPS) is 17.0. The summed E-state index contributed by atoms with van der Waals surface area (Å²) in [6, 6.07) is 7.57. The molecule has 6 heteroatoms. The lowest BCUT2D eigenvalue weighted by molar-refractivity contribution is -0.123. The second-order valence-electron chi connectivity index (χ2n) is 6.89. The van der Waals surface area contributed by atoms with Crippen LogP contribution in [0.15, 0.2) is 29.1 Å². The summed E-state index contributed by atoms with van der Waals surface area (Å²) in [5, 5.41) is 2.95.